The Morgan fingerprint density at radius 1 is 1.18 bits per heavy atom. The highest BCUT2D eigenvalue weighted by molar-refractivity contribution is 7.99. The summed E-state index contributed by atoms with van der Waals surface area (Å²) in [5.41, 5.74) is 0. The molecule has 0 spiro atoms. The van der Waals surface area contributed by atoms with Gasteiger partial charge in [-0.25, -0.2) is 0 Å². The minimum atomic E-state index is -0.683. The van der Waals surface area contributed by atoms with Gasteiger partial charge < -0.3 is 5.11 Å². The van der Waals surface area contributed by atoms with Gasteiger partial charge in [-0.3, -0.25) is 4.79 Å². The Hall–Kier alpha value is -0.0900. The van der Waals surface area contributed by atoms with Crippen molar-refractivity contribution in [3.63, 3.8) is 0 Å². The fourth-order valence-electron chi connectivity index (χ4n) is 2.77. The Kier molecular flexibility index (Phi) is 12.1. The molecule has 0 aliphatic carbocycles. The molecule has 1 rings (SSSR count). The predicted molar refractivity (Wildman–Crippen MR) is 101 cm³/mol. The lowest BCUT2D eigenvalue weighted by Gasteiger charge is -2.16. The molecule has 0 radical (unpaired) electrons. The van der Waals surface area contributed by atoms with Crippen molar-refractivity contribution in [2.75, 3.05) is 23.0 Å². The van der Waals surface area contributed by atoms with Crippen LogP contribution in [0.2, 0.25) is 0 Å². The molecule has 128 valence electrons. The van der Waals surface area contributed by atoms with Crippen LogP contribution in [0, 0.1) is 11.8 Å². The van der Waals surface area contributed by atoms with Gasteiger partial charge in [-0.05, 0) is 67.0 Å². The number of hydrogen-bond acceptors (Lipinski definition) is 3. The molecule has 1 fully saturated rings. The number of carboxylic acids is 1. The molecule has 1 aliphatic rings. The standard InChI is InChI=1S/C18H32O2S2/c1-2-3-8-12-21-13-11-17-15-22-14-16(17)9-6-4-5-7-10-18(19)20/h4,6,16-17H,2-3,5,7-15H2,1H3,(H,19,20)/b6-4-/t16-,17+/m0/s1. The second-order valence-electron chi connectivity index (χ2n) is 6.16. The highest BCUT2D eigenvalue weighted by atomic mass is 32.2. The van der Waals surface area contributed by atoms with Crippen LogP contribution in [0.5, 0.6) is 0 Å². The Bertz CT molecular complexity index is 318. The lowest BCUT2D eigenvalue weighted by Crippen LogP contribution is -2.12. The summed E-state index contributed by atoms with van der Waals surface area (Å²) in [6.07, 6.45) is 13.1. The lowest BCUT2D eigenvalue weighted by atomic mass is 9.90. The smallest absolute Gasteiger partial charge is 0.303 e. The van der Waals surface area contributed by atoms with Crippen LogP contribution in [0.25, 0.3) is 0 Å². The summed E-state index contributed by atoms with van der Waals surface area (Å²) >= 11 is 4.25. The van der Waals surface area contributed by atoms with Crippen LogP contribution in [-0.2, 0) is 4.79 Å². The van der Waals surface area contributed by atoms with E-state index in [0.717, 1.165) is 24.7 Å². The molecule has 22 heavy (non-hydrogen) atoms. The largest absolute Gasteiger partial charge is 0.481 e. The van der Waals surface area contributed by atoms with Crippen molar-refractivity contribution in [3.05, 3.63) is 12.2 Å². The average Bonchev–Trinajstić information content (AvgIpc) is 2.93. The van der Waals surface area contributed by atoms with E-state index in [1.54, 1.807) is 0 Å². The monoisotopic (exact) mass is 344 g/mol. The molecule has 2 atom stereocenters. The summed E-state index contributed by atoms with van der Waals surface area (Å²) in [5, 5.41) is 8.60. The molecule has 0 aromatic heterocycles. The van der Waals surface area contributed by atoms with Crippen LogP contribution in [0.4, 0.5) is 0 Å². The van der Waals surface area contributed by atoms with Crippen LogP contribution in [0.1, 0.15) is 58.3 Å². The summed E-state index contributed by atoms with van der Waals surface area (Å²) in [7, 11) is 0. The van der Waals surface area contributed by atoms with Crippen molar-refractivity contribution in [2.24, 2.45) is 11.8 Å². The van der Waals surface area contributed by atoms with Crippen molar-refractivity contribution in [2.45, 2.75) is 58.3 Å². The first-order valence-electron chi connectivity index (χ1n) is 8.76. The fraction of sp³-hybridized carbons (Fsp3) is 0.833. The average molecular weight is 345 g/mol. The maximum Gasteiger partial charge on any atom is 0.303 e. The number of unbranched alkanes of at least 4 members (excludes halogenated alkanes) is 3. The van der Waals surface area contributed by atoms with Crippen LogP contribution in [-0.4, -0.2) is 34.1 Å². The van der Waals surface area contributed by atoms with E-state index in [9.17, 15) is 4.79 Å². The molecule has 0 aromatic rings. The van der Waals surface area contributed by atoms with Gasteiger partial charge in [-0.2, -0.15) is 23.5 Å². The summed E-state index contributed by atoms with van der Waals surface area (Å²) < 4.78 is 0. The number of aliphatic carboxylic acids is 1. The maximum absolute atomic E-state index is 10.4. The third-order valence-electron chi connectivity index (χ3n) is 4.22. The zero-order chi connectivity index (χ0) is 16.0. The lowest BCUT2D eigenvalue weighted by molar-refractivity contribution is -0.137. The van der Waals surface area contributed by atoms with Gasteiger partial charge in [0, 0.05) is 6.42 Å². The molecule has 0 aromatic carbocycles. The molecule has 1 N–H and O–H groups in total. The topological polar surface area (TPSA) is 37.3 Å². The van der Waals surface area contributed by atoms with Crippen LogP contribution in [0.15, 0.2) is 12.2 Å². The number of allylic oxidation sites excluding steroid dienone is 2. The second-order valence-corrected chi connectivity index (χ2v) is 8.46. The van der Waals surface area contributed by atoms with E-state index in [4.69, 9.17) is 5.11 Å². The van der Waals surface area contributed by atoms with Crippen molar-refractivity contribution in [1.29, 1.82) is 0 Å². The van der Waals surface area contributed by atoms with Gasteiger partial charge in [0.25, 0.3) is 0 Å². The van der Waals surface area contributed by atoms with E-state index < -0.39 is 5.97 Å². The minimum Gasteiger partial charge on any atom is -0.481 e. The zero-order valence-corrected chi connectivity index (χ0v) is 15.6. The normalized spacial score (nSPS) is 21.7. The van der Waals surface area contributed by atoms with Crippen LogP contribution < -0.4 is 0 Å². The summed E-state index contributed by atoms with van der Waals surface area (Å²) in [6.45, 7) is 2.26. The molecule has 1 aliphatic heterocycles. The highest BCUT2D eigenvalue weighted by Crippen LogP contribution is 2.35. The first-order chi connectivity index (χ1) is 10.7. The molecule has 2 nitrogen and oxygen atoms in total. The zero-order valence-electron chi connectivity index (χ0n) is 14.0. The number of carbonyl (C=O) groups is 1. The molecule has 4 heteroatoms. The van der Waals surface area contributed by atoms with Gasteiger partial charge in [-0.15, -0.1) is 0 Å². The molecule has 0 saturated carbocycles. The van der Waals surface area contributed by atoms with E-state index >= 15 is 0 Å². The van der Waals surface area contributed by atoms with E-state index in [0.29, 0.717) is 6.42 Å². The van der Waals surface area contributed by atoms with Gasteiger partial charge in [-0.1, -0.05) is 31.9 Å². The number of rotatable bonds is 13. The van der Waals surface area contributed by atoms with Gasteiger partial charge in [0.05, 0.1) is 0 Å². The molecule has 1 heterocycles. The van der Waals surface area contributed by atoms with Crippen LogP contribution in [0.3, 0.4) is 0 Å². The van der Waals surface area contributed by atoms with Gasteiger partial charge in [0.1, 0.15) is 0 Å². The minimum absolute atomic E-state index is 0.293. The molecular weight excluding hydrogens is 312 g/mol. The van der Waals surface area contributed by atoms with Gasteiger partial charge >= 0.3 is 5.97 Å². The Labute approximate surface area is 144 Å². The Balaban J connectivity index is 2.07. The van der Waals surface area contributed by atoms with Crippen molar-refractivity contribution in [1.82, 2.24) is 0 Å². The third kappa shape index (κ3) is 9.83. The molecule has 1 saturated heterocycles. The third-order valence-corrected chi connectivity index (χ3v) is 6.65. The van der Waals surface area contributed by atoms with Crippen molar-refractivity contribution in [3.8, 4) is 0 Å². The van der Waals surface area contributed by atoms with Gasteiger partial charge in [0.2, 0.25) is 0 Å². The molecule has 0 unspecified atom stereocenters. The number of hydrogen-bond donors (Lipinski definition) is 1. The van der Waals surface area contributed by atoms with E-state index in [1.165, 1.54) is 55.1 Å². The van der Waals surface area contributed by atoms with E-state index in [2.05, 4.69) is 42.6 Å². The summed E-state index contributed by atoms with van der Waals surface area (Å²) in [6, 6.07) is 0. The maximum atomic E-state index is 10.4. The quantitative estimate of drug-likeness (QED) is 0.354. The SMILES string of the molecule is CCCCCSCC[C@@H]1CSC[C@@H]1C/C=C\CCCC(=O)O. The van der Waals surface area contributed by atoms with E-state index in [-0.39, 0.29) is 0 Å². The fourth-order valence-corrected chi connectivity index (χ4v) is 5.44. The molecular formula is C18H32O2S2. The van der Waals surface area contributed by atoms with Gasteiger partial charge in [0.15, 0.2) is 0 Å². The summed E-state index contributed by atoms with van der Waals surface area (Å²) in [5.74, 6) is 6.37. The Morgan fingerprint density at radius 3 is 2.77 bits per heavy atom. The molecule has 0 amide bonds. The van der Waals surface area contributed by atoms with Crippen LogP contribution >= 0.6 is 23.5 Å². The molecule has 0 bridgehead atoms. The first-order valence-corrected chi connectivity index (χ1v) is 11.1. The Morgan fingerprint density at radius 2 is 2.00 bits per heavy atom. The number of carboxylic acid groups (broad SMARTS) is 1. The predicted octanol–water partition coefficient (Wildman–Crippen LogP) is 5.48. The van der Waals surface area contributed by atoms with Crippen molar-refractivity contribution >= 4 is 29.5 Å². The first kappa shape index (κ1) is 20.0. The summed E-state index contributed by atoms with van der Waals surface area (Å²) in [4.78, 5) is 10.4. The van der Waals surface area contributed by atoms with E-state index in [1.807, 2.05) is 0 Å². The number of thioether (sulfide) groups is 2. The highest BCUT2D eigenvalue weighted by Gasteiger charge is 2.26. The van der Waals surface area contributed by atoms with Crippen molar-refractivity contribution < 1.29 is 9.90 Å². The second kappa shape index (κ2) is 13.4.